The quantitative estimate of drug-likeness (QED) is 0.718. The van der Waals surface area contributed by atoms with E-state index in [0.29, 0.717) is 15.5 Å². The second kappa shape index (κ2) is 8.58. The Bertz CT molecular complexity index is 916. The minimum Gasteiger partial charge on any atom is -0.338 e. The number of anilines is 1. The molecule has 2 aromatic rings. The average molecular weight is 430 g/mol. The highest BCUT2D eigenvalue weighted by atomic mass is 35.5. The predicted molar refractivity (Wildman–Crippen MR) is 110 cm³/mol. The number of halogens is 1. The van der Waals surface area contributed by atoms with Crippen molar-refractivity contribution in [2.24, 2.45) is 0 Å². The predicted octanol–water partition coefficient (Wildman–Crippen LogP) is 4.09. The van der Waals surface area contributed by atoms with E-state index in [4.69, 9.17) is 11.6 Å². The summed E-state index contributed by atoms with van der Waals surface area (Å²) in [6.07, 6.45) is 1.72. The van der Waals surface area contributed by atoms with E-state index in [2.05, 4.69) is 9.71 Å². The van der Waals surface area contributed by atoms with Crippen molar-refractivity contribution in [1.29, 1.82) is 0 Å². The highest BCUT2D eigenvalue weighted by Gasteiger charge is 2.23. The molecular weight excluding hydrogens is 406 g/mol. The number of nitrogens with zero attached hydrogens (tertiary/aromatic N) is 2. The Kier molecular flexibility index (Phi) is 6.88. The molecule has 0 saturated heterocycles. The monoisotopic (exact) mass is 429 g/mol. The van der Waals surface area contributed by atoms with Gasteiger partial charge in [0.15, 0.2) is 5.13 Å². The van der Waals surface area contributed by atoms with Crippen LogP contribution in [0.25, 0.3) is 0 Å². The smallest absolute Gasteiger partial charge is 0.263 e. The number of aromatic nitrogens is 1. The van der Waals surface area contributed by atoms with E-state index in [1.807, 2.05) is 27.7 Å². The molecule has 1 amide bonds. The Hall–Kier alpha value is -1.64. The third-order valence-electron chi connectivity index (χ3n) is 4.01. The number of hydrogen-bond acceptors (Lipinski definition) is 5. The van der Waals surface area contributed by atoms with E-state index < -0.39 is 10.0 Å². The molecule has 0 bridgehead atoms. The number of benzene rings is 1. The van der Waals surface area contributed by atoms with Crippen molar-refractivity contribution < 1.29 is 13.2 Å². The van der Waals surface area contributed by atoms with Crippen LogP contribution in [0.1, 0.15) is 38.1 Å². The van der Waals surface area contributed by atoms with Crippen molar-refractivity contribution in [3.8, 4) is 0 Å². The fourth-order valence-corrected chi connectivity index (χ4v) is 5.44. The van der Waals surface area contributed by atoms with E-state index in [9.17, 15) is 13.2 Å². The maximum Gasteiger partial charge on any atom is 0.263 e. The van der Waals surface area contributed by atoms with Gasteiger partial charge in [-0.15, -0.1) is 11.3 Å². The van der Waals surface area contributed by atoms with Crippen LogP contribution >= 0.6 is 22.9 Å². The SMILES string of the molecule is Cc1c(Cl)cccc1S(=O)(=O)Nc1ncc(CC(=O)N(C(C)C)C(C)C)s1. The number of nitrogens with one attached hydrogen (secondary N) is 1. The maximum absolute atomic E-state index is 12.6. The van der Waals surface area contributed by atoms with Crippen LogP contribution in [0.3, 0.4) is 0 Å². The highest BCUT2D eigenvalue weighted by Crippen LogP contribution is 2.27. The van der Waals surface area contributed by atoms with E-state index in [1.54, 1.807) is 24.0 Å². The summed E-state index contributed by atoms with van der Waals surface area (Å²) in [4.78, 5) is 19.3. The topological polar surface area (TPSA) is 79.4 Å². The Balaban J connectivity index is 2.16. The zero-order valence-electron chi connectivity index (χ0n) is 16.0. The van der Waals surface area contributed by atoms with Crippen LogP contribution in [0.2, 0.25) is 5.02 Å². The highest BCUT2D eigenvalue weighted by molar-refractivity contribution is 7.93. The van der Waals surface area contributed by atoms with Crippen LogP contribution in [0.15, 0.2) is 29.3 Å². The molecule has 9 heteroatoms. The summed E-state index contributed by atoms with van der Waals surface area (Å²) in [6, 6.07) is 4.90. The molecule has 0 aliphatic carbocycles. The van der Waals surface area contributed by atoms with Gasteiger partial charge in [-0.1, -0.05) is 17.7 Å². The van der Waals surface area contributed by atoms with Crippen LogP contribution in [0.5, 0.6) is 0 Å². The first kappa shape index (κ1) is 21.7. The molecule has 2 rings (SSSR count). The number of carbonyl (C=O) groups is 1. The van der Waals surface area contributed by atoms with Gasteiger partial charge < -0.3 is 4.90 Å². The number of thiazole rings is 1. The van der Waals surface area contributed by atoms with Crippen LogP contribution in [0.4, 0.5) is 5.13 Å². The third kappa shape index (κ3) is 5.21. The number of carbonyl (C=O) groups excluding carboxylic acids is 1. The van der Waals surface area contributed by atoms with Crippen molar-refractivity contribution in [2.75, 3.05) is 4.72 Å². The lowest BCUT2D eigenvalue weighted by atomic mass is 10.2. The van der Waals surface area contributed by atoms with Crippen LogP contribution in [-0.2, 0) is 21.2 Å². The fourth-order valence-electron chi connectivity index (χ4n) is 2.90. The Labute approximate surface area is 169 Å². The second-order valence-electron chi connectivity index (χ2n) is 6.77. The lowest BCUT2D eigenvalue weighted by Crippen LogP contribution is -2.42. The molecule has 148 valence electrons. The van der Waals surface area contributed by atoms with Crippen molar-refractivity contribution >= 4 is 44.0 Å². The molecule has 0 aliphatic heterocycles. The van der Waals surface area contributed by atoms with Gasteiger partial charge in [0, 0.05) is 28.2 Å². The zero-order valence-corrected chi connectivity index (χ0v) is 18.4. The van der Waals surface area contributed by atoms with Crippen molar-refractivity contribution in [3.63, 3.8) is 0 Å². The number of rotatable bonds is 7. The van der Waals surface area contributed by atoms with Gasteiger partial charge >= 0.3 is 0 Å². The standard InChI is InChI=1S/C18H24ClN3O3S2/c1-11(2)22(12(3)4)17(23)9-14-10-20-18(26-14)21-27(24,25)16-8-6-7-15(19)13(16)5/h6-8,10-12H,9H2,1-5H3,(H,20,21). The van der Waals surface area contributed by atoms with Crippen LogP contribution in [0, 0.1) is 6.92 Å². The minimum absolute atomic E-state index is 0.0104. The van der Waals surface area contributed by atoms with E-state index in [-0.39, 0.29) is 34.4 Å². The summed E-state index contributed by atoms with van der Waals surface area (Å²) in [5.41, 5.74) is 0.475. The molecule has 0 spiro atoms. The van der Waals surface area contributed by atoms with Gasteiger partial charge in [-0.3, -0.25) is 9.52 Å². The summed E-state index contributed by atoms with van der Waals surface area (Å²) in [5, 5.41) is 0.601. The third-order valence-corrected chi connectivity index (χ3v) is 6.94. The van der Waals surface area contributed by atoms with Crippen molar-refractivity contribution in [3.05, 3.63) is 39.9 Å². The van der Waals surface area contributed by atoms with Gasteiger partial charge in [-0.25, -0.2) is 13.4 Å². The summed E-state index contributed by atoms with van der Waals surface area (Å²) < 4.78 is 27.7. The Morgan fingerprint density at radius 1 is 1.26 bits per heavy atom. The summed E-state index contributed by atoms with van der Waals surface area (Å²) in [5.74, 6) is -0.0104. The molecule has 0 aliphatic rings. The normalized spacial score (nSPS) is 11.9. The number of amides is 1. The largest absolute Gasteiger partial charge is 0.338 e. The molecular formula is C18H24ClN3O3S2. The summed E-state index contributed by atoms with van der Waals surface area (Å²) in [7, 11) is -3.81. The molecule has 0 radical (unpaired) electrons. The van der Waals surface area contributed by atoms with Gasteiger partial charge in [-0.05, 0) is 52.3 Å². The average Bonchev–Trinajstić information content (AvgIpc) is 2.95. The van der Waals surface area contributed by atoms with Crippen molar-refractivity contribution in [2.45, 2.75) is 58.0 Å². The van der Waals surface area contributed by atoms with Gasteiger partial charge in [0.25, 0.3) is 10.0 Å². The van der Waals surface area contributed by atoms with Crippen molar-refractivity contribution in [1.82, 2.24) is 9.88 Å². The molecule has 1 N–H and O–H groups in total. The first-order chi connectivity index (χ1) is 12.5. The van der Waals surface area contributed by atoms with Gasteiger partial charge in [0.05, 0.1) is 11.3 Å². The lowest BCUT2D eigenvalue weighted by molar-refractivity contribution is -0.133. The molecule has 6 nitrogen and oxygen atoms in total. The molecule has 1 aromatic heterocycles. The molecule has 1 heterocycles. The van der Waals surface area contributed by atoms with Gasteiger partial charge in [-0.2, -0.15) is 0 Å². The Morgan fingerprint density at radius 2 is 1.89 bits per heavy atom. The lowest BCUT2D eigenvalue weighted by Gasteiger charge is -2.30. The van der Waals surface area contributed by atoms with E-state index in [0.717, 1.165) is 11.3 Å². The summed E-state index contributed by atoms with van der Waals surface area (Å²) in [6.45, 7) is 9.53. The molecule has 0 unspecified atom stereocenters. The van der Waals surface area contributed by atoms with Gasteiger partial charge in [0.1, 0.15) is 0 Å². The van der Waals surface area contributed by atoms with Crippen LogP contribution < -0.4 is 4.72 Å². The fraction of sp³-hybridized carbons (Fsp3) is 0.444. The number of sulfonamides is 1. The maximum atomic E-state index is 12.6. The molecule has 0 atom stereocenters. The molecule has 27 heavy (non-hydrogen) atoms. The first-order valence-electron chi connectivity index (χ1n) is 8.56. The first-order valence-corrected chi connectivity index (χ1v) is 11.2. The van der Waals surface area contributed by atoms with E-state index >= 15 is 0 Å². The molecule has 0 fully saturated rings. The minimum atomic E-state index is -3.81. The Morgan fingerprint density at radius 3 is 2.48 bits per heavy atom. The molecule has 1 aromatic carbocycles. The molecule has 0 saturated carbocycles. The second-order valence-corrected chi connectivity index (χ2v) is 9.94. The van der Waals surface area contributed by atoms with Gasteiger partial charge in [0.2, 0.25) is 5.91 Å². The van der Waals surface area contributed by atoms with E-state index in [1.165, 1.54) is 12.3 Å². The van der Waals surface area contributed by atoms with Crippen LogP contribution in [-0.4, -0.2) is 36.3 Å². The zero-order chi connectivity index (χ0) is 20.4. The summed E-state index contributed by atoms with van der Waals surface area (Å²) >= 11 is 7.17. The number of hydrogen-bond donors (Lipinski definition) is 1.